The van der Waals surface area contributed by atoms with E-state index in [-0.39, 0.29) is 11.8 Å². The maximum absolute atomic E-state index is 11.8. The van der Waals surface area contributed by atoms with Crippen LogP contribution in [0.15, 0.2) is 37.1 Å². The summed E-state index contributed by atoms with van der Waals surface area (Å²) < 4.78 is 5.16. The molecule has 0 bridgehead atoms. The molecule has 1 aromatic heterocycles. The van der Waals surface area contributed by atoms with Gasteiger partial charge in [-0.25, -0.2) is 4.98 Å². The van der Waals surface area contributed by atoms with E-state index >= 15 is 0 Å². The first-order valence-electron chi connectivity index (χ1n) is 8.25. The highest BCUT2D eigenvalue weighted by atomic mass is 16.5. The van der Waals surface area contributed by atoms with Gasteiger partial charge in [0.15, 0.2) is 5.78 Å². The minimum atomic E-state index is -0.0135. The molecule has 1 fully saturated rings. The van der Waals surface area contributed by atoms with Gasteiger partial charge in [-0.05, 0) is 31.6 Å². The molecule has 0 unspecified atom stereocenters. The second-order valence-electron chi connectivity index (χ2n) is 6.24. The number of carbonyl (C=O) groups is 1. The van der Waals surface area contributed by atoms with Crippen molar-refractivity contribution in [2.45, 2.75) is 26.3 Å². The zero-order chi connectivity index (χ0) is 17.8. The molecule has 1 saturated heterocycles. The number of anilines is 3. The first-order chi connectivity index (χ1) is 12.0. The second kappa shape index (κ2) is 7.44. The zero-order valence-electron chi connectivity index (χ0n) is 14.5. The third-order valence-electron chi connectivity index (χ3n) is 4.05. The molecule has 130 valence electrons. The Morgan fingerprint density at radius 2 is 2.20 bits per heavy atom. The van der Waals surface area contributed by atoms with E-state index in [9.17, 15) is 4.79 Å². The SMILES string of the molecule is C=CC(=O)Cc1cc(C)ccc1Nc1nc(NC2COC2)ncc1C. The van der Waals surface area contributed by atoms with Crippen molar-refractivity contribution >= 4 is 23.2 Å². The van der Waals surface area contributed by atoms with Gasteiger partial charge in [0.2, 0.25) is 5.95 Å². The first-order valence-corrected chi connectivity index (χ1v) is 8.25. The largest absolute Gasteiger partial charge is 0.377 e. The number of hydrogen-bond donors (Lipinski definition) is 2. The molecule has 1 aliphatic rings. The van der Waals surface area contributed by atoms with Gasteiger partial charge in [0.05, 0.1) is 19.3 Å². The summed E-state index contributed by atoms with van der Waals surface area (Å²) in [6, 6.07) is 6.24. The molecule has 1 aromatic carbocycles. The molecule has 0 atom stereocenters. The number of carbonyl (C=O) groups excluding carboxylic acids is 1. The number of ether oxygens (including phenoxy) is 1. The van der Waals surface area contributed by atoms with Crippen molar-refractivity contribution in [2.24, 2.45) is 0 Å². The van der Waals surface area contributed by atoms with Crippen LogP contribution in [0.1, 0.15) is 16.7 Å². The van der Waals surface area contributed by atoms with Crippen LogP contribution in [-0.4, -0.2) is 35.0 Å². The van der Waals surface area contributed by atoms with Crippen molar-refractivity contribution in [3.8, 4) is 0 Å². The molecule has 3 rings (SSSR count). The average Bonchev–Trinajstić information content (AvgIpc) is 2.56. The lowest BCUT2D eigenvalue weighted by Gasteiger charge is -2.27. The highest BCUT2D eigenvalue weighted by molar-refractivity contribution is 5.92. The third kappa shape index (κ3) is 4.22. The number of aromatic nitrogens is 2. The van der Waals surface area contributed by atoms with Crippen molar-refractivity contribution < 1.29 is 9.53 Å². The molecule has 0 spiro atoms. The number of nitrogens with zero attached hydrogens (tertiary/aromatic N) is 2. The summed E-state index contributed by atoms with van der Waals surface area (Å²) >= 11 is 0. The lowest BCUT2D eigenvalue weighted by atomic mass is 10.0. The smallest absolute Gasteiger partial charge is 0.225 e. The zero-order valence-corrected chi connectivity index (χ0v) is 14.5. The Morgan fingerprint density at radius 3 is 2.88 bits per heavy atom. The normalized spacial score (nSPS) is 13.8. The van der Waals surface area contributed by atoms with Crippen molar-refractivity contribution in [1.29, 1.82) is 0 Å². The lowest BCUT2D eigenvalue weighted by molar-refractivity contribution is -0.114. The standard InChI is InChI=1S/C19H22N4O2/c1-4-16(24)8-14-7-12(2)5-6-17(14)22-18-13(3)9-20-19(23-18)21-15-10-25-11-15/h4-7,9,15H,1,8,10-11H2,2-3H3,(H2,20,21,22,23). The Hall–Kier alpha value is -2.73. The summed E-state index contributed by atoms with van der Waals surface area (Å²) in [7, 11) is 0. The molecular formula is C19H22N4O2. The van der Waals surface area contributed by atoms with E-state index < -0.39 is 0 Å². The fourth-order valence-electron chi connectivity index (χ4n) is 2.52. The number of benzene rings is 1. The lowest BCUT2D eigenvalue weighted by Crippen LogP contribution is -2.40. The summed E-state index contributed by atoms with van der Waals surface area (Å²) in [5, 5.41) is 6.58. The predicted octanol–water partition coefficient (Wildman–Crippen LogP) is 2.95. The van der Waals surface area contributed by atoms with Crippen LogP contribution in [0.3, 0.4) is 0 Å². The van der Waals surface area contributed by atoms with Crippen LogP contribution in [0.2, 0.25) is 0 Å². The monoisotopic (exact) mass is 338 g/mol. The van der Waals surface area contributed by atoms with Crippen LogP contribution in [0, 0.1) is 13.8 Å². The molecule has 6 nitrogen and oxygen atoms in total. The van der Waals surface area contributed by atoms with Crippen LogP contribution in [0.4, 0.5) is 17.5 Å². The number of rotatable bonds is 7. The van der Waals surface area contributed by atoms with E-state index in [1.54, 1.807) is 6.20 Å². The topological polar surface area (TPSA) is 76.1 Å². The van der Waals surface area contributed by atoms with E-state index in [1.807, 2.05) is 32.0 Å². The minimum absolute atomic E-state index is 0.0135. The Labute approximate surface area is 147 Å². The fourth-order valence-corrected chi connectivity index (χ4v) is 2.52. The fraction of sp³-hybridized carbons (Fsp3) is 0.316. The molecule has 6 heteroatoms. The Bertz CT molecular complexity index is 800. The number of hydrogen-bond acceptors (Lipinski definition) is 6. The molecule has 2 N–H and O–H groups in total. The summed E-state index contributed by atoms with van der Waals surface area (Å²) in [4.78, 5) is 20.7. The Balaban J connectivity index is 1.84. The predicted molar refractivity (Wildman–Crippen MR) is 98.4 cm³/mol. The van der Waals surface area contributed by atoms with Gasteiger partial charge < -0.3 is 15.4 Å². The van der Waals surface area contributed by atoms with E-state index in [0.29, 0.717) is 31.4 Å². The van der Waals surface area contributed by atoms with Gasteiger partial charge in [-0.15, -0.1) is 0 Å². The molecular weight excluding hydrogens is 316 g/mol. The van der Waals surface area contributed by atoms with Crippen LogP contribution < -0.4 is 10.6 Å². The van der Waals surface area contributed by atoms with Gasteiger partial charge in [-0.1, -0.05) is 24.3 Å². The van der Waals surface area contributed by atoms with Gasteiger partial charge in [0, 0.05) is 23.9 Å². The van der Waals surface area contributed by atoms with Crippen LogP contribution in [0.25, 0.3) is 0 Å². The van der Waals surface area contributed by atoms with Gasteiger partial charge in [-0.3, -0.25) is 4.79 Å². The van der Waals surface area contributed by atoms with Crippen LogP contribution >= 0.6 is 0 Å². The van der Waals surface area contributed by atoms with Crippen LogP contribution in [0.5, 0.6) is 0 Å². The molecule has 2 aromatic rings. The third-order valence-corrected chi connectivity index (χ3v) is 4.05. The maximum atomic E-state index is 11.8. The molecule has 2 heterocycles. The summed E-state index contributed by atoms with van der Waals surface area (Å²) in [5.41, 5.74) is 3.81. The number of allylic oxidation sites excluding steroid dienone is 1. The van der Waals surface area contributed by atoms with E-state index in [4.69, 9.17) is 4.74 Å². The molecule has 0 saturated carbocycles. The van der Waals surface area contributed by atoms with Gasteiger partial charge >= 0.3 is 0 Å². The van der Waals surface area contributed by atoms with E-state index in [0.717, 1.165) is 22.4 Å². The summed E-state index contributed by atoms with van der Waals surface area (Å²) in [5.74, 6) is 1.27. The van der Waals surface area contributed by atoms with Gasteiger partial charge in [0.1, 0.15) is 5.82 Å². The van der Waals surface area contributed by atoms with Gasteiger partial charge in [-0.2, -0.15) is 4.98 Å². The Morgan fingerprint density at radius 1 is 1.40 bits per heavy atom. The molecule has 1 aliphatic heterocycles. The number of aryl methyl sites for hydroxylation is 2. The van der Waals surface area contributed by atoms with Crippen molar-refractivity contribution in [3.05, 3.63) is 53.7 Å². The molecule has 0 radical (unpaired) electrons. The molecule has 0 amide bonds. The van der Waals surface area contributed by atoms with Crippen molar-refractivity contribution in [2.75, 3.05) is 23.8 Å². The summed E-state index contributed by atoms with van der Waals surface area (Å²) in [6.07, 6.45) is 3.44. The van der Waals surface area contributed by atoms with Crippen molar-refractivity contribution in [1.82, 2.24) is 9.97 Å². The van der Waals surface area contributed by atoms with Crippen molar-refractivity contribution in [3.63, 3.8) is 0 Å². The molecule has 0 aliphatic carbocycles. The maximum Gasteiger partial charge on any atom is 0.225 e. The minimum Gasteiger partial charge on any atom is -0.377 e. The first kappa shape index (κ1) is 17.1. The highest BCUT2D eigenvalue weighted by Crippen LogP contribution is 2.24. The second-order valence-corrected chi connectivity index (χ2v) is 6.24. The Kier molecular flexibility index (Phi) is 5.09. The van der Waals surface area contributed by atoms with Crippen LogP contribution in [-0.2, 0) is 16.0 Å². The quantitative estimate of drug-likeness (QED) is 0.756. The molecule has 25 heavy (non-hydrogen) atoms. The van der Waals surface area contributed by atoms with Gasteiger partial charge in [0.25, 0.3) is 0 Å². The summed E-state index contributed by atoms with van der Waals surface area (Å²) in [6.45, 7) is 8.85. The average molecular weight is 338 g/mol. The number of ketones is 1. The van der Waals surface area contributed by atoms with E-state index in [2.05, 4.69) is 27.2 Å². The highest BCUT2D eigenvalue weighted by Gasteiger charge is 2.19. The number of nitrogens with one attached hydrogen (secondary N) is 2. The van der Waals surface area contributed by atoms with E-state index in [1.165, 1.54) is 6.08 Å².